The van der Waals surface area contributed by atoms with Gasteiger partial charge in [0.25, 0.3) is 15.9 Å². The number of sulfonamides is 1. The molecule has 1 unspecified atom stereocenters. The Labute approximate surface area is 181 Å². The first-order valence-electron chi connectivity index (χ1n) is 10.2. The Hall–Kier alpha value is -2.49. The Kier molecular flexibility index (Phi) is 6.27. The molecule has 2 aromatic rings. The van der Waals surface area contributed by atoms with E-state index in [1.54, 1.807) is 29.2 Å². The first kappa shape index (κ1) is 21.7. The monoisotopic (exact) mass is 448 g/mol. The molecule has 0 saturated carbocycles. The van der Waals surface area contributed by atoms with Crippen LogP contribution in [0.2, 0.25) is 0 Å². The van der Waals surface area contributed by atoms with Crippen molar-refractivity contribution in [3.63, 3.8) is 0 Å². The average molecular weight is 449 g/mol. The van der Waals surface area contributed by atoms with Crippen LogP contribution in [0.1, 0.15) is 28.8 Å². The number of hydrogen-bond donors (Lipinski definition) is 1. The predicted octanol–water partition coefficient (Wildman–Crippen LogP) is 3.16. The van der Waals surface area contributed by atoms with Crippen molar-refractivity contribution in [1.82, 2.24) is 4.90 Å². The van der Waals surface area contributed by atoms with Gasteiger partial charge in [-0.1, -0.05) is 0 Å². The van der Waals surface area contributed by atoms with E-state index in [1.807, 2.05) is 0 Å². The normalized spacial score (nSPS) is 20.1. The Bertz CT molecular complexity index is 1050. The molecular weight excluding hydrogens is 423 g/mol. The summed E-state index contributed by atoms with van der Waals surface area (Å²) in [5, 5.41) is 0. The Morgan fingerprint density at radius 3 is 2.52 bits per heavy atom. The summed E-state index contributed by atoms with van der Waals surface area (Å²) >= 11 is 0. The van der Waals surface area contributed by atoms with E-state index in [1.165, 1.54) is 19.1 Å². The second-order valence-corrected chi connectivity index (χ2v) is 9.54. The molecule has 2 aliphatic rings. The fraction of sp³-hybridized carbons (Fsp3) is 0.409. The zero-order valence-electron chi connectivity index (χ0n) is 17.2. The number of benzene rings is 2. The van der Waals surface area contributed by atoms with Crippen LogP contribution in [-0.4, -0.2) is 51.8 Å². The molecule has 2 aliphatic heterocycles. The van der Waals surface area contributed by atoms with E-state index in [9.17, 15) is 17.6 Å². The van der Waals surface area contributed by atoms with Crippen molar-refractivity contribution in [3.8, 4) is 0 Å². The van der Waals surface area contributed by atoms with Crippen LogP contribution >= 0.6 is 0 Å². The van der Waals surface area contributed by atoms with Crippen molar-refractivity contribution in [1.29, 1.82) is 0 Å². The van der Waals surface area contributed by atoms with Crippen LogP contribution in [0.3, 0.4) is 0 Å². The molecule has 166 valence electrons. The number of nitrogens with one attached hydrogen (secondary N) is 1. The van der Waals surface area contributed by atoms with Gasteiger partial charge in [0.2, 0.25) is 0 Å². The third kappa shape index (κ3) is 4.89. The van der Waals surface area contributed by atoms with Crippen molar-refractivity contribution in [2.24, 2.45) is 5.92 Å². The Morgan fingerprint density at radius 2 is 1.84 bits per heavy atom. The highest BCUT2D eigenvalue weighted by Crippen LogP contribution is 2.26. The Morgan fingerprint density at radius 1 is 1.13 bits per heavy atom. The van der Waals surface area contributed by atoms with E-state index in [0.717, 1.165) is 18.9 Å². The summed E-state index contributed by atoms with van der Waals surface area (Å²) in [6, 6.07) is 9.91. The van der Waals surface area contributed by atoms with E-state index in [0.29, 0.717) is 37.6 Å². The minimum absolute atomic E-state index is 0.0257. The largest absolute Gasteiger partial charge is 0.350 e. The molecule has 2 fully saturated rings. The number of anilines is 1. The van der Waals surface area contributed by atoms with Crippen LogP contribution in [0.25, 0.3) is 0 Å². The second kappa shape index (κ2) is 8.94. The molecule has 2 heterocycles. The fourth-order valence-corrected chi connectivity index (χ4v) is 5.07. The summed E-state index contributed by atoms with van der Waals surface area (Å²) < 4.78 is 52.2. The van der Waals surface area contributed by atoms with Crippen molar-refractivity contribution in [3.05, 3.63) is 59.4 Å². The van der Waals surface area contributed by atoms with Gasteiger partial charge in [-0.3, -0.25) is 9.52 Å². The molecule has 2 saturated heterocycles. The van der Waals surface area contributed by atoms with Crippen molar-refractivity contribution in [2.45, 2.75) is 31.0 Å². The zero-order valence-corrected chi connectivity index (χ0v) is 18.0. The number of amides is 1. The predicted molar refractivity (Wildman–Crippen MR) is 113 cm³/mol. The molecule has 0 aliphatic carbocycles. The summed E-state index contributed by atoms with van der Waals surface area (Å²) in [7, 11) is -3.86. The number of nitrogens with zero attached hydrogens (tertiary/aromatic N) is 1. The van der Waals surface area contributed by atoms with Gasteiger partial charge in [-0.2, -0.15) is 0 Å². The molecule has 0 spiro atoms. The molecule has 7 nitrogen and oxygen atoms in total. The molecule has 0 radical (unpaired) electrons. The fourth-order valence-electron chi connectivity index (χ4n) is 3.93. The molecule has 0 bridgehead atoms. The van der Waals surface area contributed by atoms with Crippen LogP contribution < -0.4 is 4.72 Å². The minimum atomic E-state index is -3.86. The molecule has 31 heavy (non-hydrogen) atoms. The quantitative estimate of drug-likeness (QED) is 0.760. The van der Waals surface area contributed by atoms with Gasteiger partial charge in [0.1, 0.15) is 5.82 Å². The summed E-state index contributed by atoms with van der Waals surface area (Å²) in [5.41, 5.74) is 1.05. The first-order chi connectivity index (χ1) is 14.8. The van der Waals surface area contributed by atoms with Gasteiger partial charge in [0.05, 0.1) is 18.1 Å². The SMILES string of the molecule is Cc1cc(S(=O)(=O)Nc2ccc(C(=O)N3CCCC(C4OCCO4)C3)cc2)ccc1F. The lowest BCUT2D eigenvalue weighted by Gasteiger charge is -2.34. The maximum atomic E-state index is 13.4. The summed E-state index contributed by atoms with van der Waals surface area (Å²) in [6.07, 6.45) is 1.59. The third-order valence-electron chi connectivity index (χ3n) is 5.60. The van der Waals surface area contributed by atoms with Gasteiger partial charge >= 0.3 is 0 Å². The number of hydrogen-bond acceptors (Lipinski definition) is 5. The lowest BCUT2D eigenvalue weighted by atomic mass is 9.96. The lowest BCUT2D eigenvalue weighted by molar-refractivity contribution is -0.0969. The van der Waals surface area contributed by atoms with Crippen LogP contribution in [0.5, 0.6) is 0 Å². The molecule has 1 atom stereocenters. The molecule has 1 amide bonds. The number of carbonyl (C=O) groups excluding carboxylic acids is 1. The number of halogens is 1. The van der Waals surface area contributed by atoms with Crippen LogP contribution in [0.15, 0.2) is 47.4 Å². The molecule has 2 aromatic carbocycles. The van der Waals surface area contributed by atoms with E-state index < -0.39 is 15.8 Å². The smallest absolute Gasteiger partial charge is 0.261 e. The first-order valence-corrected chi connectivity index (χ1v) is 11.7. The van der Waals surface area contributed by atoms with Gasteiger partial charge in [-0.25, -0.2) is 12.8 Å². The molecular formula is C22H25FN2O5S. The van der Waals surface area contributed by atoms with Gasteiger partial charge in [0, 0.05) is 30.3 Å². The number of piperidine rings is 1. The van der Waals surface area contributed by atoms with Gasteiger partial charge < -0.3 is 14.4 Å². The maximum absolute atomic E-state index is 13.4. The van der Waals surface area contributed by atoms with Crippen molar-refractivity contribution < 1.29 is 27.1 Å². The van der Waals surface area contributed by atoms with E-state index in [2.05, 4.69) is 4.72 Å². The van der Waals surface area contributed by atoms with Crippen LogP contribution in [0.4, 0.5) is 10.1 Å². The molecule has 4 rings (SSSR count). The molecule has 1 N–H and O–H groups in total. The third-order valence-corrected chi connectivity index (χ3v) is 6.98. The topological polar surface area (TPSA) is 84.9 Å². The number of aryl methyl sites for hydroxylation is 1. The van der Waals surface area contributed by atoms with E-state index >= 15 is 0 Å². The highest BCUT2D eigenvalue weighted by atomic mass is 32.2. The highest BCUT2D eigenvalue weighted by molar-refractivity contribution is 7.92. The molecule has 9 heteroatoms. The van der Waals surface area contributed by atoms with Gasteiger partial charge in [0.15, 0.2) is 6.29 Å². The number of rotatable bonds is 5. The highest BCUT2D eigenvalue weighted by Gasteiger charge is 2.33. The van der Waals surface area contributed by atoms with Gasteiger partial charge in [-0.05, 0) is 67.8 Å². The number of ether oxygens (including phenoxy) is 2. The zero-order chi connectivity index (χ0) is 22.0. The molecule has 0 aromatic heterocycles. The number of likely N-dealkylation sites (tertiary alicyclic amines) is 1. The standard InChI is InChI=1S/C22H25FN2O5S/c1-15-13-19(8-9-20(15)23)31(27,28)24-18-6-4-16(5-7-18)21(26)25-10-2-3-17(14-25)22-29-11-12-30-22/h4-9,13,17,22,24H,2-3,10-12,14H2,1H3. The van der Waals surface area contributed by atoms with Gasteiger partial charge in [-0.15, -0.1) is 0 Å². The van der Waals surface area contributed by atoms with Crippen molar-refractivity contribution >= 4 is 21.6 Å². The minimum Gasteiger partial charge on any atom is -0.350 e. The average Bonchev–Trinajstić information content (AvgIpc) is 3.30. The summed E-state index contributed by atoms with van der Waals surface area (Å²) in [4.78, 5) is 14.7. The number of carbonyl (C=O) groups is 1. The summed E-state index contributed by atoms with van der Waals surface area (Å²) in [5.74, 6) is -0.412. The van der Waals surface area contributed by atoms with Crippen molar-refractivity contribution in [2.75, 3.05) is 31.0 Å². The van der Waals surface area contributed by atoms with E-state index in [4.69, 9.17) is 9.47 Å². The maximum Gasteiger partial charge on any atom is 0.261 e. The van der Waals surface area contributed by atoms with Crippen LogP contribution in [0, 0.1) is 18.7 Å². The summed E-state index contributed by atoms with van der Waals surface area (Å²) in [6.45, 7) is 3.92. The lowest BCUT2D eigenvalue weighted by Crippen LogP contribution is -2.43. The van der Waals surface area contributed by atoms with E-state index in [-0.39, 0.29) is 28.6 Å². The second-order valence-electron chi connectivity index (χ2n) is 7.86. The van der Waals surface area contributed by atoms with Crippen LogP contribution in [-0.2, 0) is 19.5 Å². The Balaban J connectivity index is 1.42.